The third kappa shape index (κ3) is 3.76. The molecule has 0 saturated heterocycles. The van der Waals surface area contributed by atoms with E-state index in [0.717, 1.165) is 5.56 Å². The summed E-state index contributed by atoms with van der Waals surface area (Å²) >= 11 is 11.6. The van der Waals surface area contributed by atoms with Crippen molar-refractivity contribution in [2.75, 3.05) is 5.32 Å². The highest BCUT2D eigenvalue weighted by Gasteiger charge is 2.15. The number of hydrogen-bond donors (Lipinski definition) is 1. The minimum atomic E-state index is -0.413. The first-order valence-electron chi connectivity index (χ1n) is 5.20. The van der Waals surface area contributed by atoms with Gasteiger partial charge in [-0.25, -0.2) is 0 Å². The highest BCUT2D eigenvalue weighted by molar-refractivity contribution is 6.41. The maximum absolute atomic E-state index is 12.0. The summed E-state index contributed by atoms with van der Waals surface area (Å²) in [4.78, 5) is 12.0. The smallest absolute Gasteiger partial charge is 0.258 e. The summed E-state index contributed by atoms with van der Waals surface area (Å²) in [6.07, 6.45) is 1.35. The van der Waals surface area contributed by atoms with Crippen LogP contribution in [0, 0.1) is 6.92 Å². The van der Waals surface area contributed by atoms with E-state index in [9.17, 15) is 4.79 Å². The highest BCUT2D eigenvalue weighted by Crippen LogP contribution is 2.22. The Labute approximate surface area is 117 Å². The molecule has 0 saturated carbocycles. The molecule has 1 amide bonds. The summed E-state index contributed by atoms with van der Waals surface area (Å²) in [6.45, 7) is 8.98. The van der Waals surface area contributed by atoms with Crippen molar-refractivity contribution in [2.45, 2.75) is 6.92 Å². The lowest BCUT2D eigenvalue weighted by Gasteiger charge is -2.09. The number of allylic oxidation sites excluding steroid dienone is 2. The van der Waals surface area contributed by atoms with E-state index in [1.54, 1.807) is 12.1 Å². The second kappa shape index (κ2) is 6.43. The van der Waals surface area contributed by atoms with Gasteiger partial charge >= 0.3 is 0 Å². The zero-order chi connectivity index (χ0) is 13.7. The molecule has 0 fully saturated rings. The Morgan fingerprint density at radius 3 is 2.28 bits per heavy atom. The van der Waals surface area contributed by atoms with Gasteiger partial charge in [-0.15, -0.1) is 0 Å². The molecule has 0 radical (unpaired) electrons. The van der Waals surface area contributed by atoms with Crippen LogP contribution in [0.1, 0.15) is 5.56 Å². The van der Waals surface area contributed by atoms with E-state index in [-0.39, 0.29) is 15.6 Å². The van der Waals surface area contributed by atoms with Crippen LogP contribution in [0.5, 0.6) is 0 Å². The summed E-state index contributed by atoms with van der Waals surface area (Å²) in [5.74, 6) is -0.413. The summed E-state index contributed by atoms with van der Waals surface area (Å²) in [5, 5.41) is 2.93. The average Bonchev–Trinajstić information content (AvgIpc) is 2.31. The molecule has 0 heterocycles. The van der Waals surface area contributed by atoms with Crippen molar-refractivity contribution in [1.29, 1.82) is 0 Å². The third-order valence-electron chi connectivity index (χ3n) is 2.23. The normalized spacial score (nSPS) is 11.5. The molecular formula is C14H13Cl2NO. The lowest BCUT2D eigenvalue weighted by molar-refractivity contribution is -0.112. The maximum Gasteiger partial charge on any atom is 0.258 e. The minimum absolute atomic E-state index is 0.0736. The standard InChI is InChI=1S/C14H13Cl2NO/c1-4-12(16)13(10(3)15)14(18)17-11-7-5-9(2)6-8-11/h4-8H,1,3H2,2H3,(H,17,18)/b13-12-. The molecule has 1 N–H and O–H groups in total. The molecule has 0 unspecified atom stereocenters. The number of nitrogens with one attached hydrogen (secondary N) is 1. The average molecular weight is 282 g/mol. The Kier molecular flexibility index (Phi) is 5.20. The van der Waals surface area contributed by atoms with Gasteiger partial charge in [0.2, 0.25) is 0 Å². The molecule has 18 heavy (non-hydrogen) atoms. The van der Waals surface area contributed by atoms with Gasteiger partial charge in [0, 0.05) is 10.7 Å². The topological polar surface area (TPSA) is 29.1 Å². The summed E-state index contributed by atoms with van der Waals surface area (Å²) < 4.78 is 0. The first kappa shape index (κ1) is 14.6. The fraction of sp³-hybridized carbons (Fsp3) is 0.0714. The van der Waals surface area contributed by atoms with Crippen molar-refractivity contribution in [3.63, 3.8) is 0 Å². The van der Waals surface area contributed by atoms with E-state index >= 15 is 0 Å². The Balaban J connectivity index is 2.97. The molecule has 1 rings (SSSR count). The van der Waals surface area contributed by atoms with Gasteiger partial charge in [-0.05, 0) is 25.1 Å². The Bertz CT molecular complexity index is 515. The molecule has 4 heteroatoms. The van der Waals surface area contributed by atoms with Gasteiger partial charge in [-0.2, -0.15) is 0 Å². The number of carbonyl (C=O) groups excluding carboxylic acids is 1. The van der Waals surface area contributed by atoms with Crippen LogP contribution in [-0.4, -0.2) is 5.91 Å². The van der Waals surface area contributed by atoms with Crippen LogP contribution in [0.3, 0.4) is 0 Å². The Hall–Kier alpha value is -1.51. The van der Waals surface area contributed by atoms with Crippen LogP contribution >= 0.6 is 23.2 Å². The molecule has 0 bridgehead atoms. The van der Waals surface area contributed by atoms with E-state index in [1.165, 1.54) is 6.08 Å². The number of carbonyl (C=O) groups is 1. The van der Waals surface area contributed by atoms with Gasteiger partial charge < -0.3 is 5.32 Å². The molecule has 2 nitrogen and oxygen atoms in total. The molecular weight excluding hydrogens is 269 g/mol. The predicted octanol–water partition coefficient (Wildman–Crippen LogP) is 4.36. The lowest BCUT2D eigenvalue weighted by Crippen LogP contribution is -2.15. The summed E-state index contributed by atoms with van der Waals surface area (Å²) in [5.41, 5.74) is 1.89. The maximum atomic E-state index is 12.0. The molecule has 1 aromatic rings. The van der Waals surface area contributed by atoms with Crippen molar-refractivity contribution in [3.8, 4) is 0 Å². The van der Waals surface area contributed by atoms with Crippen molar-refractivity contribution in [3.05, 3.63) is 64.7 Å². The van der Waals surface area contributed by atoms with Crippen molar-refractivity contribution >= 4 is 34.8 Å². The second-order valence-electron chi connectivity index (χ2n) is 3.65. The van der Waals surface area contributed by atoms with Gasteiger partial charge in [0.25, 0.3) is 5.91 Å². The fourth-order valence-corrected chi connectivity index (χ4v) is 1.73. The monoisotopic (exact) mass is 281 g/mol. The van der Waals surface area contributed by atoms with Crippen molar-refractivity contribution in [2.24, 2.45) is 0 Å². The Morgan fingerprint density at radius 1 is 1.28 bits per heavy atom. The van der Waals surface area contributed by atoms with E-state index in [4.69, 9.17) is 23.2 Å². The molecule has 0 aliphatic heterocycles. The highest BCUT2D eigenvalue weighted by atomic mass is 35.5. The van der Waals surface area contributed by atoms with E-state index in [1.807, 2.05) is 19.1 Å². The number of aryl methyl sites for hydroxylation is 1. The fourth-order valence-electron chi connectivity index (χ4n) is 1.29. The third-order valence-corrected chi connectivity index (χ3v) is 2.76. The van der Waals surface area contributed by atoms with Gasteiger partial charge in [0.15, 0.2) is 0 Å². The minimum Gasteiger partial charge on any atom is -0.322 e. The number of rotatable bonds is 4. The van der Waals surface area contributed by atoms with Crippen molar-refractivity contribution in [1.82, 2.24) is 0 Å². The molecule has 0 aliphatic carbocycles. The predicted molar refractivity (Wildman–Crippen MR) is 77.9 cm³/mol. The molecule has 1 aromatic carbocycles. The van der Waals surface area contributed by atoms with Gasteiger partial charge in [0.05, 0.1) is 10.6 Å². The largest absolute Gasteiger partial charge is 0.322 e. The molecule has 0 spiro atoms. The first-order valence-corrected chi connectivity index (χ1v) is 5.96. The van der Waals surface area contributed by atoms with E-state index < -0.39 is 5.91 Å². The van der Waals surface area contributed by atoms with Crippen LogP contribution < -0.4 is 5.32 Å². The zero-order valence-corrected chi connectivity index (χ0v) is 11.5. The SMILES string of the molecule is C=C/C(Cl)=C(\C(=C)Cl)C(=O)Nc1ccc(C)cc1. The number of halogens is 2. The van der Waals surface area contributed by atoms with Crippen LogP contribution in [0.4, 0.5) is 5.69 Å². The molecule has 0 aromatic heterocycles. The van der Waals surface area contributed by atoms with Gasteiger partial charge in [-0.1, -0.05) is 54.1 Å². The number of anilines is 1. The van der Waals surface area contributed by atoms with Crippen LogP contribution in [-0.2, 0) is 4.79 Å². The lowest BCUT2D eigenvalue weighted by atomic mass is 10.2. The van der Waals surface area contributed by atoms with E-state index in [2.05, 4.69) is 18.5 Å². The van der Waals surface area contributed by atoms with Crippen LogP contribution in [0.25, 0.3) is 0 Å². The molecule has 94 valence electrons. The quantitative estimate of drug-likeness (QED) is 0.645. The van der Waals surface area contributed by atoms with E-state index in [0.29, 0.717) is 5.69 Å². The Morgan fingerprint density at radius 2 is 1.83 bits per heavy atom. The first-order chi connectivity index (χ1) is 8.45. The van der Waals surface area contributed by atoms with Gasteiger partial charge in [-0.3, -0.25) is 4.79 Å². The number of benzene rings is 1. The van der Waals surface area contributed by atoms with Crippen LogP contribution in [0.15, 0.2) is 59.1 Å². The van der Waals surface area contributed by atoms with Crippen LogP contribution in [0.2, 0.25) is 0 Å². The van der Waals surface area contributed by atoms with Gasteiger partial charge in [0.1, 0.15) is 0 Å². The molecule has 0 aliphatic rings. The molecule has 0 atom stereocenters. The number of amides is 1. The van der Waals surface area contributed by atoms with Crippen molar-refractivity contribution < 1.29 is 4.79 Å². The zero-order valence-electron chi connectivity index (χ0n) is 9.97. The number of hydrogen-bond acceptors (Lipinski definition) is 1. The summed E-state index contributed by atoms with van der Waals surface area (Å²) in [6, 6.07) is 7.38. The summed E-state index contributed by atoms with van der Waals surface area (Å²) in [7, 11) is 0. The second-order valence-corrected chi connectivity index (χ2v) is 4.52.